The van der Waals surface area contributed by atoms with Gasteiger partial charge in [0.15, 0.2) is 0 Å². The highest BCUT2D eigenvalue weighted by atomic mass is 16.2. The summed E-state index contributed by atoms with van der Waals surface area (Å²) < 4.78 is 0. The van der Waals surface area contributed by atoms with Gasteiger partial charge in [-0.2, -0.15) is 0 Å². The second-order valence-corrected chi connectivity index (χ2v) is 2.70. The molecule has 70 valence electrons. The zero-order valence-corrected chi connectivity index (χ0v) is 7.20. The van der Waals surface area contributed by atoms with E-state index < -0.39 is 6.04 Å². The van der Waals surface area contributed by atoms with Crippen molar-refractivity contribution >= 4 is 11.6 Å². The van der Waals surface area contributed by atoms with Crippen LogP contribution in [0.15, 0.2) is 23.3 Å². The van der Waals surface area contributed by atoms with Crippen LogP contribution in [0.5, 0.6) is 0 Å². The molecule has 0 aromatic carbocycles. The number of carbonyl (C=O) groups excluding carboxylic acids is 1. The van der Waals surface area contributed by atoms with Crippen molar-refractivity contribution in [2.75, 3.05) is 5.32 Å². The summed E-state index contributed by atoms with van der Waals surface area (Å²) in [5.74, 6) is -0.378. The lowest BCUT2D eigenvalue weighted by Gasteiger charge is -2.05. The van der Waals surface area contributed by atoms with Gasteiger partial charge in [0, 0.05) is 18.5 Å². The van der Waals surface area contributed by atoms with E-state index in [0.717, 1.165) is 0 Å². The number of aromatic amines is 1. The maximum Gasteiger partial charge on any atom is 0.241 e. The fourth-order valence-corrected chi connectivity index (χ4v) is 0.760. The summed E-state index contributed by atoms with van der Waals surface area (Å²) in [4.78, 5) is 24.9. The van der Waals surface area contributed by atoms with Crippen molar-refractivity contribution in [3.05, 3.63) is 28.7 Å². The normalized spacial score (nSPS) is 12.2. The van der Waals surface area contributed by atoms with Gasteiger partial charge in [-0.15, -0.1) is 0 Å². The second kappa shape index (κ2) is 3.86. The molecule has 1 aromatic heterocycles. The van der Waals surface area contributed by atoms with Crippen LogP contribution in [0, 0.1) is 0 Å². The molecule has 5 heteroatoms. The number of hydrogen-bond acceptors (Lipinski definition) is 3. The Morgan fingerprint density at radius 1 is 1.69 bits per heavy atom. The van der Waals surface area contributed by atoms with Crippen LogP contribution in [0.25, 0.3) is 0 Å². The molecule has 0 radical (unpaired) electrons. The fourth-order valence-electron chi connectivity index (χ4n) is 0.760. The Hall–Kier alpha value is -1.62. The number of nitrogens with one attached hydrogen (secondary N) is 2. The van der Waals surface area contributed by atoms with E-state index >= 15 is 0 Å². The third kappa shape index (κ3) is 2.41. The van der Waals surface area contributed by atoms with Crippen LogP contribution < -0.4 is 16.5 Å². The Bertz CT molecular complexity index is 356. The average molecular weight is 181 g/mol. The number of pyridine rings is 1. The topological polar surface area (TPSA) is 88.0 Å². The lowest BCUT2D eigenvalue weighted by atomic mass is 10.3. The molecule has 0 saturated heterocycles. The number of aromatic nitrogens is 1. The zero-order chi connectivity index (χ0) is 9.84. The molecule has 5 nitrogen and oxygen atoms in total. The van der Waals surface area contributed by atoms with Crippen molar-refractivity contribution in [3.8, 4) is 0 Å². The number of nitrogens with two attached hydrogens (primary N) is 1. The van der Waals surface area contributed by atoms with Gasteiger partial charge in [0.1, 0.15) is 5.69 Å². The second-order valence-electron chi connectivity index (χ2n) is 2.70. The summed E-state index contributed by atoms with van der Waals surface area (Å²) in [5.41, 5.74) is 5.28. The number of H-pyrrole nitrogens is 1. The standard InChI is InChI=1S/C8H11N3O2/c1-5(9)8(13)11-6-4-10-3-2-7(6)12/h2-5H,9H2,1H3,(H,10,12)(H,11,13). The molecule has 1 unspecified atom stereocenters. The van der Waals surface area contributed by atoms with E-state index in [2.05, 4.69) is 10.3 Å². The monoisotopic (exact) mass is 181 g/mol. The molecule has 13 heavy (non-hydrogen) atoms. The molecule has 1 amide bonds. The van der Waals surface area contributed by atoms with E-state index in [1.54, 1.807) is 6.92 Å². The van der Waals surface area contributed by atoms with E-state index in [9.17, 15) is 9.59 Å². The largest absolute Gasteiger partial charge is 0.366 e. The van der Waals surface area contributed by atoms with Crippen molar-refractivity contribution in [2.45, 2.75) is 13.0 Å². The van der Waals surface area contributed by atoms with Crippen molar-refractivity contribution in [1.29, 1.82) is 0 Å². The van der Waals surface area contributed by atoms with Crippen LogP contribution in [0.4, 0.5) is 5.69 Å². The Morgan fingerprint density at radius 3 is 2.92 bits per heavy atom. The van der Waals surface area contributed by atoms with Crippen LogP contribution in [-0.4, -0.2) is 16.9 Å². The molecule has 0 fully saturated rings. The molecule has 1 atom stereocenters. The van der Waals surface area contributed by atoms with Crippen molar-refractivity contribution in [1.82, 2.24) is 4.98 Å². The third-order valence-electron chi connectivity index (χ3n) is 1.50. The lowest BCUT2D eigenvalue weighted by Crippen LogP contribution is -2.33. The molecule has 0 aliphatic carbocycles. The van der Waals surface area contributed by atoms with E-state index in [4.69, 9.17) is 5.73 Å². The molecular formula is C8H11N3O2. The first-order chi connectivity index (χ1) is 6.11. The number of carbonyl (C=O) groups is 1. The number of amides is 1. The van der Waals surface area contributed by atoms with Crippen molar-refractivity contribution in [3.63, 3.8) is 0 Å². The van der Waals surface area contributed by atoms with Crippen LogP contribution >= 0.6 is 0 Å². The number of hydrogen-bond donors (Lipinski definition) is 3. The molecule has 1 rings (SSSR count). The molecule has 4 N–H and O–H groups in total. The Labute approximate surface area is 75.0 Å². The smallest absolute Gasteiger partial charge is 0.241 e. The van der Waals surface area contributed by atoms with Gasteiger partial charge in [0.2, 0.25) is 11.3 Å². The predicted molar refractivity (Wildman–Crippen MR) is 49.3 cm³/mol. The molecule has 0 bridgehead atoms. The minimum absolute atomic E-state index is 0.213. The van der Waals surface area contributed by atoms with Crippen molar-refractivity contribution < 1.29 is 4.79 Å². The molecule has 0 saturated carbocycles. The highest BCUT2D eigenvalue weighted by Crippen LogP contribution is 1.95. The molecular weight excluding hydrogens is 170 g/mol. The first-order valence-corrected chi connectivity index (χ1v) is 3.85. The summed E-state index contributed by atoms with van der Waals surface area (Å²) >= 11 is 0. The van der Waals surface area contributed by atoms with E-state index in [1.807, 2.05) is 0 Å². The molecule has 0 aliphatic heterocycles. The van der Waals surface area contributed by atoms with Crippen molar-refractivity contribution in [2.24, 2.45) is 5.73 Å². The Balaban J connectivity index is 2.81. The molecule has 1 heterocycles. The van der Waals surface area contributed by atoms with E-state index in [1.165, 1.54) is 18.5 Å². The summed E-state index contributed by atoms with van der Waals surface area (Å²) in [5, 5.41) is 2.40. The average Bonchev–Trinajstić information content (AvgIpc) is 2.08. The minimum Gasteiger partial charge on any atom is -0.366 e. The summed E-state index contributed by atoms with van der Waals surface area (Å²) in [7, 11) is 0. The van der Waals surface area contributed by atoms with Gasteiger partial charge in [0.05, 0.1) is 6.04 Å². The van der Waals surface area contributed by atoms with Gasteiger partial charge in [-0.3, -0.25) is 9.59 Å². The fraction of sp³-hybridized carbons (Fsp3) is 0.250. The van der Waals surface area contributed by atoms with Gasteiger partial charge in [-0.05, 0) is 6.92 Å². The van der Waals surface area contributed by atoms with E-state index in [0.29, 0.717) is 0 Å². The molecule has 1 aromatic rings. The quantitative estimate of drug-likeness (QED) is 0.583. The van der Waals surface area contributed by atoms with Gasteiger partial charge in [-0.25, -0.2) is 0 Å². The summed E-state index contributed by atoms with van der Waals surface area (Å²) in [6.07, 6.45) is 2.91. The van der Waals surface area contributed by atoms with Gasteiger partial charge in [0.25, 0.3) is 0 Å². The van der Waals surface area contributed by atoms with Crippen LogP contribution in [0.1, 0.15) is 6.92 Å². The van der Waals surface area contributed by atoms with Crippen LogP contribution in [-0.2, 0) is 4.79 Å². The predicted octanol–water partition coefficient (Wildman–Crippen LogP) is -0.339. The summed E-state index contributed by atoms with van der Waals surface area (Å²) in [6, 6.07) is 0.705. The Kier molecular flexibility index (Phi) is 2.81. The third-order valence-corrected chi connectivity index (χ3v) is 1.50. The highest BCUT2D eigenvalue weighted by Gasteiger charge is 2.08. The number of rotatable bonds is 2. The lowest BCUT2D eigenvalue weighted by molar-refractivity contribution is -0.117. The maximum atomic E-state index is 11.1. The van der Waals surface area contributed by atoms with Gasteiger partial charge < -0.3 is 16.0 Å². The van der Waals surface area contributed by atoms with Gasteiger partial charge >= 0.3 is 0 Å². The molecule has 0 spiro atoms. The molecule has 0 aliphatic rings. The minimum atomic E-state index is -0.625. The maximum absolute atomic E-state index is 11.1. The SMILES string of the molecule is CC(N)C(=O)Nc1c[nH]ccc1=O. The first-order valence-electron chi connectivity index (χ1n) is 3.85. The first kappa shape index (κ1) is 9.47. The van der Waals surface area contributed by atoms with Crippen LogP contribution in [0.2, 0.25) is 0 Å². The highest BCUT2D eigenvalue weighted by molar-refractivity contribution is 5.94. The van der Waals surface area contributed by atoms with E-state index in [-0.39, 0.29) is 17.0 Å². The Morgan fingerprint density at radius 2 is 2.38 bits per heavy atom. The number of anilines is 1. The zero-order valence-electron chi connectivity index (χ0n) is 7.20. The van der Waals surface area contributed by atoms with Gasteiger partial charge in [-0.1, -0.05) is 0 Å². The summed E-state index contributed by atoms with van der Waals surface area (Å²) in [6.45, 7) is 1.55. The van der Waals surface area contributed by atoms with Crippen LogP contribution in [0.3, 0.4) is 0 Å².